The van der Waals surface area contributed by atoms with Crippen LogP contribution >= 0.6 is 0 Å². The normalized spacial score (nSPS) is 11.3. The topological polar surface area (TPSA) is 64.4 Å². The number of nitrogens with zero attached hydrogens (tertiary/aromatic N) is 3. The molecule has 2 rings (SSSR count). The number of rotatable bonds is 10. The van der Waals surface area contributed by atoms with Crippen molar-refractivity contribution in [1.29, 1.82) is 0 Å². The number of hydrogen-bond donors (Lipinski definition) is 0. The van der Waals surface area contributed by atoms with Crippen LogP contribution in [-0.4, -0.2) is 47.4 Å². The molecule has 2 aromatic rings. The van der Waals surface area contributed by atoms with Crippen molar-refractivity contribution in [2.45, 2.75) is 46.6 Å². The van der Waals surface area contributed by atoms with Gasteiger partial charge in [0.15, 0.2) is 5.69 Å². The van der Waals surface area contributed by atoms with Crippen molar-refractivity contribution < 1.29 is 9.53 Å². The van der Waals surface area contributed by atoms with Crippen molar-refractivity contribution in [3.63, 3.8) is 0 Å². The lowest BCUT2D eigenvalue weighted by Crippen LogP contribution is -2.38. The van der Waals surface area contributed by atoms with Crippen LogP contribution in [0.15, 0.2) is 29.1 Å². The number of aromatic nitrogens is 2. The van der Waals surface area contributed by atoms with Crippen LogP contribution in [0.2, 0.25) is 0 Å². The van der Waals surface area contributed by atoms with Crippen LogP contribution in [0, 0.1) is 5.92 Å². The molecule has 6 heteroatoms. The quantitative estimate of drug-likeness (QED) is 0.599. The summed E-state index contributed by atoms with van der Waals surface area (Å²) in [6, 6.07) is 7.24. The number of benzene rings is 1. The molecule has 6 nitrogen and oxygen atoms in total. The van der Waals surface area contributed by atoms with Gasteiger partial charge in [-0.2, -0.15) is 5.10 Å². The Morgan fingerprint density at radius 3 is 2.56 bits per heavy atom. The van der Waals surface area contributed by atoms with E-state index in [2.05, 4.69) is 25.9 Å². The fourth-order valence-electron chi connectivity index (χ4n) is 3.12. The van der Waals surface area contributed by atoms with Crippen LogP contribution in [0.5, 0.6) is 0 Å². The van der Waals surface area contributed by atoms with Gasteiger partial charge >= 0.3 is 0 Å². The Bertz CT molecular complexity index is 814. The van der Waals surface area contributed by atoms with Crippen LogP contribution in [0.3, 0.4) is 0 Å². The van der Waals surface area contributed by atoms with Gasteiger partial charge in [-0.15, -0.1) is 0 Å². The first-order valence-corrected chi connectivity index (χ1v) is 9.77. The molecule has 0 unspecified atom stereocenters. The Hall–Kier alpha value is -2.21. The van der Waals surface area contributed by atoms with Gasteiger partial charge in [0.2, 0.25) is 0 Å². The number of ether oxygens (including phenoxy) is 1. The summed E-state index contributed by atoms with van der Waals surface area (Å²) in [6.45, 7) is 8.37. The average Bonchev–Trinajstić information content (AvgIpc) is 2.66. The Morgan fingerprint density at radius 2 is 1.93 bits per heavy atom. The number of carbonyl (C=O) groups excluding carboxylic acids is 1. The van der Waals surface area contributed by atoms with Crippen molar-refractivity contribution in [2.24, 2.45) is 5.92 Å². The molecule has 0 fully saturated rings. The highest BCUT2D eigenvalue weighted by molar-refractivity contribution is 6.04. The molecule has 1 heterocycles. The standard InChI is InChI=1S/C21H31N3O3/c1-5-6-9-12-24-20(25)18-11-8-7-10-17(18)19(22-24)21(26)23(13-14-27-4)15-16(2)3/h7-8,10-11,16H,5-6,9,12-15H2,1-4H3. The highest BCUT2D eigenvalue weighted by Gasteiger charge is 2.22. The molecule has 0 aliphatic heterocycles. The van der Waals surface area contributed by atoms with E-state index in [4.69, 9.17) is 4.74 Å². The molecule has 0 bridgehead atoms. The number of unbranched alkanes of at least 4 members (excludes halogenated alkanes) is 2. The van der Waals surface area contributed by atoms with E-state index in [0.717, 1.165) is 19.3 Å². The largest absolute Gasteiger partial charge is 0.383 e. The number of hydrogen-bond acceptors (Lipinski definition) is 4. The van der Waals surface area contributed by atoms with Gasteiger partial charge in [0.1, 0.15) is 0 Å². The van der Waals surface area contributed by atoms with Crippen molar-refractivity contribution in [3.05, 3.63) is 40.3 Å². The lowest BCUT2D eigenvalue weighted by molar-refractivity contribution is 0.0666. The average molecular weight is 373 g/mol. The molecule has 0 saturated carbocycles. The van der Waals surface area contributed by atoms with Crippen LogP contribution in [0.25, 0.3) is 10.8 Å². The highest BCUT2D eigenvalue weighted by Crippen LogP contribution is 2.16. The van der Waals surface area contributed by atoms with Crippen molar-refractivity contribution in [3.8, 4) is 0 Å². The fraction of sp³-hybridized carbons (Fsp3) is 0.571. The minimum atomic E-state index is -0.152. The van der Waals surface area contributed by atoms with Gasteiger partial charge in [0, 0.05) is 32.1 Å². The zero-order valence-corrected chi connectivity index (χ0v) is 16.9. The van der Waals surface area contributed by atoms with Crippen molar-refractivity contribution in [2.75, 3.05) is 26.8 Å². The lowest BCUT2D eigenvalue weighted by Gasteiger charge is -2.24. The predicted molar refractivity (Wildman–Crippen MR) is 108 cm³/mol. The number of aryl methyl sites for hydroxylation is 1. The Labute approximate surface area is 161 Å². The number of fused-ring (bicyclic) bond motifs is 1. The molecule has 1 aromatic carbocycles. The molecule has 0 N–H and O–H groups in total. The molecule has 148 valence electrons. The van der Waals surface area contributed by atoms with E-state index >= 15 is 0 Å². The predicted octanol–water partition coefficient (Wildman–Crippen LogP) is 3.33. The van der Waals surface area contributed by atoms with E-state index in [-0.39, 0.29) is 11.5 Å². The summed E-state index contributed by atoms with van der Waals surface area (Å²) < 4.78 is 6.62. The molecule has 0 aliphatic rings. The molecule has 0 saturated heterocycles. The minimum Gasteiger partial charge on any atom is -0.383 e. The third-order valence-electron chi connectivity index (χ3n) is 4.48. The van der Waals surface area contributed by atoms with Gasteiger partial charge < -0.3 is 9.64 Å². The summed E-state index contributed by atoms with van der Waals surface area (Å²) in [5.41, 5.74) is 0.212. The third-order valence-corrected chi connectivity index (χ3v) is 4.48. The Morgan fingerprint density at radius 1 is 1.22 bits per heavy atom. The number of methoxy groups -OCH3 is 1. The van der Waals surface area contributed by atoms with E-state index in [1.807, 2.05) is 12.1 Å². The zero-order chi connectivity index (χ0) is 19.8. The zero-order valence-electron chi connectivity index (χ0n) is 16.9. The second-order valence-corrected chi connectivity index (χ2v) is 7.27. The van der Waals surface area contributed by atoms with Crippen molar-refractivity contribution >= 4 is 16.7 Å². The summed E-state index contributed by atoms with van der Waals surface area (Å²) in [5.74, 6) is 0.175. The van der Waals surface area contributed by atoms with Gasteiger partial charge in [-0.1, -0.05) is 51.8 Å². The van der Waals surface area contributed by atoms with Gasteiger partial charge in [0.05, 0.1) is 12.0 Å². The van der Waals surface area contributed by atoms with Crippen LogP contribution in [0.1, 0.15) is 50.5 Å². The van der Waals surface area contributed by atoms with E-state index in [1.54, 1.807) is 24.1 Å². The van der Waals surface area contributed by atoms with Crippen LogP contribution in [-0.2, 0) is 11.3 Å². The molecule has 0 atom stereocenters. The molecular weight excluding hydrogens is 342 g/mol. The van der Waals surface area contributed by atoms with Gasteiger partial charge in [-0.3, -0.25) is 9.59 Å². The van der Waals surface area contributed by atoms with E-state index in [1.165, 1.54) is 4.68 Å². The second-order valence-electron chi connectivity index (χ2n) is 7.27. The SMILES string of the molecule is CCCCCn1nc(C(=O)N(CCOC)CC(C)C)c2ccccc2c1=O. The molecule has 0 spiro atoms. The third kappa shape index (κ3) is 5.39. The smallest absolute Gasteiger partial charge is 0.275 e. The summed E-state index contributed by atoms with van der Waals surface area (Å²) in [4.78, 5) is 27.8. The summed E-state index contributed by atoms with van der Waals surface area (Å²) >= 11 is 0. The van der Waals surface area contributed by atoms with E-state index < -0.39 is 0 Å². The summed E-state index contributed by atoms with van der Waals surface area (Å²) in [7, 11) is 1.62. The maximum absolute atomic E-state index is 13.3. The molecule has 1 amide bonds. The van der Waals surface area contributed by atoms with E-state index in [0.29, 0.717) is 48.6 Å². The van der Waals surface area contributed by atoms with Crippen LogP contribution < -0.4 is 5.56 Å². The van der Waals surface area contributed by atoms with Crippen LogP contribution in [0.4, 0.5) is 0 Å². The Kier molecular flexibility index (Phi) is 7.98. The highest BCUT2D eigenvalue weighted by atomic mass is 16.5. The van der Waals surface area contributed by atoms with Gasteiger partial charge in [0.25, 0.3) is 11.5 Å². The summed E-state index contributed by atoms with van der Waals surface area (Å²) in [6.07, 6.45) is 2.96. The fourth-order valence-corrected chi connectivity index (χ4v) is 3.12. The first kappa shape index (κ1) is 21.1. The van der Waals surface area contributed by atoms with Gasteiger partial charge in [-0.05, 0) is 18.4 Å². The lowest BCUT2D eigenvalue weighted by atomic mass is 10.1. The van der Waals surface area contributed by atoms with Crippen molar-refractivity contribution in [1.82, 2.24) is 14.7 Å². The maximum Gasteiger partial charge on any atom is 0.275 e. The summed E-state index contributed by atoms with van der Waals surface area (Å²) in [5, 5.41) is 5.64. The maximum atomic E-state index is 13.3. The minimum absolute atomic E-state index is 0.134. The molecule has 27 heavy (non-hydrogen) atoms. The van der Waals surface area contributed by atoms with Gasteiger partial charge in [-0.25, -0.2) is 4.68 Å². The molecular formula is C21H31N3O3. The molecule has 0 aliphatic carbocycles. The number of amides is 1. The van der Waals surface area contributed by atoms with E-state index in [9.17, 15) is 9.59 Å². The monoisotopic (exact) mass is 373 g/mol. The molecule has 1 aromatic heterocycles. The second kappa shape index (κ2) is 10.2. The number of carbonyl (C=O) groups is 1. The first-order chi connectivity index (χ1) is 13.0. The molecule has 0 radical (unpaired) electrons. The Balaban J connectivity index is 2.48. The first-order valence-electron chi connectivity index (χ1n) is 9.77.